The molecular weight excluding hydrogens is 434 g/mol. The van der Waals surface area contributed by atoms with E-state index in [2.05, 4.69) is 53.5 Å². The molecule has 0 bridgehead atoms. The Bertz CT molecular complexity index is 1220. The molecule has 0 amide bonds. The average Bonchev–Trinajstić information content (AvgIpc) is 3.21. The second-order valence-corrected chi connectivity index (χ2v) is 7.41. The summed E-state index contributed by atoms with van der Waals surface area (Å²) in [5.41, 5.74) is 5.39. The molecule has 148 valence electrons. The van der Waals surface area contributed by atoms with Gasteiger partial charge in [-0.25, -0.2) is 4.98 Å². The van der Waals surface area contributed by atoms with Crippen LogP contribution in [0.4, 0.5) is 0 Å². The number of hydrogen-bond acceptors (Lipinski definition) is 6. The summed E-state index contributed by atoms with van der Waals surface area (Å²) in [7, 11) is 1.92. The molecule has 0 spiro atoms. The zero-order valence-electron chi connectivity index (χ0n) is 15.9. The van der Waals surface area contributed by atoms with Gasteiger partial charge < -0.3 is 14.8 Å². The van der Waals surface area contributed by atoms with Gasteiger partial charge in [0.25, 0.3) is 5.56 Å². The molecule has 4 rings (SSSR count). The summed E-state index contributed by atoms with van der Waals surface area (Å²) in [6.45, 7) is 2.68. The zero-order chi connectivity index (χ0) is 20.4. The van der Waals surface area contributed by atoms with Crippen LogP contribution in [0, 0.1) is 6.92 Å². The molecule has 0 radical (unpaired) electrons. The predicted molar refractivity (Wildman–Crippen MR) is 116 cm³/mol. The van der Waals surface area contributed by atoms with Gasteiger partial charge in [0.05, 0.1) is 22.1 Å². The van der Waals surface area contributed by atoms with Crippen molar-refractivity contribution in [2.45, 2.75) is 13.5 Å². The first-order chi connectivity index (χ1) is 14.0. The van der Waals surface area contributed by atoms with E-state index >= 15 is 0 Å². The first kappa shape index (κ1) is 19.2. The lowest BCUT2D eigenvalue weighted by molar-refractivity contribution is 0.433. The maximum atomic E-state index is 11.6. The van der Waals surface area contributed by atoms with E-state index in [-0.39, 0.29) is 6.99 Å². The average molecular weight is 454 g/mol. The summed E-state index contributed by atoms with van der Waals surface area (Å²) in [6.07, 6.45) is 3.27. The van der Waals surface area contributed by atoms with Crippen LogP contribution in [0.5, 0.6) is 0 Å². The highest BCUT2D eigenvalue weighted by Gasteiger charge is 2.15. The van der Waals surface area contributed by atoms with Gasteiger partial charge in [-0.3, -0.25) is 9.78 Å². The number of rotatable bonds is 5. The fourth-order valence-electron chi connectivity index (χ4n) is 2.95. The number of aromatic nitrogens is 4. The number of pyridine rings is 1. The Balaban J connectivity index is 0.00000256. The minimum absolute atomic E-state index is 0. The number of H-pyrrole nitrogens is 1. The monoisotopic (exact) mass is 453 g/mol. The molecule has 4 aromatic rings. The lowest BCUT2D eigenvalue weighted by atomic mass is 10.1. The zero-order valence-corrected chi connectivity index (χ0v) is 17.4. The fraction of sp³-hybridized carbons (Fsp3) is 0.143. The van der Waals surface area contributed by atoms with Gasteiger partial charge in [-0.2, -0.15) is 0 Å². The van der Waals surface area contributed by atoms with Gasteiger partial charge in [0.1, 0.15) is 11.4 Å². The summed E-state index contributed by atoms with van der Waals surface area (Å²) in [4.78, 5) is 23.4. The highest BCUT2D eigenvalue weighted by Crippen LogP contribution is 2.28. The van der Waals surface area contributed by atoms with E-state index in [1.165, 1.54) is 5.56 Å². The third-order valence-corrected chi connectivity index (χ3v) is 5.07. The third kappa shape index (κ3) is 4.03. The van der Waals surface area contributed by atoms with Crippen molar-refractivity contribution in [2.75, 3.05) is 7.05 Å². The molecule has 1 aromatic carbocycles. The molecule has 0 unspecified atom stereocenters. The number of aromatic amines is 1. The lowest BCUT2D eigenvalue weighted by Gasteiger charge is -2.05. The second kappa shape index (κ2) is 8.10. The van der Waals surface area contributed by atoms with E-state index in [1.807, 2.05) is 32.2 Å². The quantitative estimate of drug-likeness (QED) is 0.470. The predicted octanol–water partition coefficient (Wildman–Crippen LogP) is 4.19. The van der Waals surface area contributed by atoms with Crippen LogP contribution in [-0.4, -0.2) is 27.2 Å². The molecule has 0 aliphatic carbocycles. The van der Waals surface area contributed by atoms with E-state index < -0.39 is 0 Å². The first-order valence-corrected chi connectivity index (χ1v) is 9.77. The van der Waals surface area contributed by atoms with Gasteiger partial charge in [-0.1, -0.05) is 29.4 Å². The lowest BCUT2D eigenvalue weighted by Crippen LogP contribution is -2.05. The Morgan fingerprint density at radius 1 is 1.17 bits per heavy atom. The fourth-order valence-corrected chi connectivity index (χ4v) is 3.31. The minimum Gasteiger partial charge on any atom is -0.354 e. The van der Waals surface area contributed by atoms with Crippen LogP contribution in [-0.2, 0) is 6.54 Å². The normalized spacial score (nSPS) is 11.0. The maximum absolute atomic E-state index is 11.6. The van der Waals surface area contributed by atoms with Gasteiger partial charge in [0, 0.05) is 31.4 Å². The maximum Gasteiger partial charge on any atom is 0.262 e. The molecule has 0 aliphatic heterocycles. The number of halogens is 1. The van der Waals surface area contributed by atoms with E-state index in [0.29, 0.717) is 21.6 Å². The van der Waals surface area contributed by atoms with E-state index in [9.17, 15) is 4.79 Å². The highest BCUT2D eigenvalue weighted by molar-refractivity contribution is 9.10. The molecule has 0 aliphatic rings. The number of nitrogens with one attached hydrogen (secondary N) is 2. The number of nitrogens with zero attached hydrogens (tertiary/aromatic N) is 3. The van der Waals surface area contributed by atoms with Crippen LogP contribution in [0.2, 0.25) is 0 Å². The van der Waals surface area contributed by atoms with Crippen molar-refractivity contribution in [2.24, 2.45) is 0 Å². The Labute approximate surface area is 176 Å². The van der Waals surface area contributed by atoms with Crippen LogP contribution in [0.15, 0.2) is 62.6 Å². The van der Waals surface area contributed by atoms with Crippen molar-refractivity contribution in [3.63, 3.8) is 0 Å². The summed E-state index contributed by atoms with van der Waals surface area (Å²) >= 11 is 3.24. The SMILES string of the molecule is CNCc1ccc(-c2cc(-c3nc(-c4c[nH]c(=O)c(Br)c4)cnc3C)on2)cc1.[HH]. The van der Waals surface area contributed by atoms with Crippen LogP contribution in [0.3, 0.4) is 0 Å². The number of benzene rings is 1. The van der Waals surface area contributed by atoms with Crippen molar-refractivity contribution in [1.82, 2.24) is 25.4 Å². The topological polar surface area (TPSA) is 96.7 Å². The number of aryl methyl sites for hydroxylation is 1. The highest BCUT2D eigenvalue weighted by atomic mass is 79.9. The minimum atomic E-state index is -0.199. The summed E-state index contributed by atoms with van der Waals surface area (Å²) in [5, 5.41) is 7.32. The molecule has 29 heavy (non-hydrogen) atoms. The van der Waals surface area contributed by atoms with Crippen LogP contribution in [0.25, 0.3) is 34.0 Å². The van der Waals surface area contributed by atoms with E-state index in [4.69, 9.17) is 4.52 Å². The van der Waals surface area contributed by atoms with Crippen LogP contribution in [0.1, 0.15) is 12.7 Å². The van der Waals surface area contributed by atoms with Crippen molar-refractivity contribution in [3.05, 3.63) is 74.9 Å². The van der Waals surface area contributed by atoms with Crippen LogP contribution < -0.4 is 10.9 Å². The van der Waals surface area contributed by atoms with Gasteiger partial charge >= 0.3 is 0 Å². The molecule has 0 fully saturated rings. The van der Waals surface area contributed by atoms with E-state index in [0.717, 1.165) is 29.1 Å². The van der Waals surface area contributed by atoms with Gasteiger partial charge in [0.15, 0.2) is 5.76 Å². The van der Waals surface area contributed by atoms with Crippen LogP contribution >= 0.6 is 15.9 Å². The molecule has 0 atom stereocenters. The Morgan fingerprint density at radius 2 is 1.97 bits per heavy atom. The molecule has 0 saturated heterocycles. The third-order valence-electron chi connectivity index (χ3n) is 4.48. The van der Waals surface area contributed by atoms with Gasteiger partial charge in [0.2, 0.25) is 0 Å². The van der Waals surface area contributed by atoms with Crippen molar-refractivity contribution in [3.8, 4) is 34.0 Å². The Kier molecular flexibility index (Phi) is 5.37. The second-order valence-electron chi connectivity index (χ2n) is 6.56. The Hall–Kier alpha value is -3.10. The standard InChI is InChI=1S/C21H18BrN5O2.H2/c1-12-20(26-18(11-24-12)15-7-16(22)21(28)25-10-15)19-8-17(27-29-19)14-5-3-13(4-6-14)9-23-2;/h3-8,10-11,23H,9H2,1-2H3,(H,25,28);1H. The largest absolute Gasteiger partial charge is 0.354 e. The van der Waals surface area contributed by atoms with Gasteiger partial charge in [-0.05, 0) is 41.5 Å². The van der Waals surface area contributed by atoms with Crippen molar-refractivity contribution in [1.29, 1.82) is 0 Å². The van der Waals surface area contributed by atoms with Gasteiger partial charge in [-0.15, -0.1) is 0 Å². The molecule has 3 heterocycles. The molecule has 8 heteroatoms. The first-order valence-electron chi connectivity index (χ1n) is 8.98. The van der Waals surface area contributed by atoms with Crippen molar-refractivity contribution < 1.29 is 5.95 Å². The molecule has 3 aromatic heterocycles. The van der Waals surface area contributed by atoms with Crippen molar-refractivity contribution >= 4 is 15.9 Å². The molecule has 0 saturated carbocycles. The smallest absolute Gasteiger partial charge is 0.262 e. The Morgan fingerprint density at radius 3 is 2.69 bits per heavy atom. The molecular formula is C21H20BrN5O2. The summed E-state index contributed by atoms with van der Waals surface area (Å²) < 4.78 is 6.00. The molecule has 2 N–H and O–H groups in total. The number of hydrogen-bond donors (Lipinski definition) is 2. The van der Waals surface area contributed by atoms with E-state index in [1.54, 1.807) is 18.5 Å². The summed E-state index contributed by atoms with van der Waals surface area (Å²) in [6, 6.07) is 11.7. The molecule has 7 nitrogen and oxygen atoms in total. The summed E-state index contributed by atoms with van der Waals surface area (Å²) in [5.74, 6) is 0.537.